The number of rotatable bonds is 5. The quantitative estimate of drug-likeness (QED) is 0.474. The van der Waals surface area contributed by atoms with E-state index in [0.717, 1.165) is 31.2 Å². The Kier molecular flexibility index (Phi) is 6.18. The third-order valence-corrected chi connectivity index (χ3v) is 7.76. The van der Waals surface area contributed by atoms with Crippen LogP contribution in [0.15, 0.2) is 41.4 Å². The van der Waals surface area contributed by atoms with Crippen molar-refractivity contribution in [1.29, 1.82) is 0 Å². The predicted molar refractivity (Wildman–Crippen MR) is 115 cm³/mol. The van der Waals surface area contributed by atoms with E-state index in [1.165, 1.54) is 22.5 Å². The highest BCUT2D eigenvalue weighted by Crippen LogP contribution is 2.34. The van der Waals surface area contributed by atoms with Crippen molar-refractivity contribution in [3.63, 3.8) is 0 Å². The average Bonchev–Trinajstić information content (AvgIpc) is 3.34. The smallest absolute Gasteiger partial charge is 0.362 e. The average molecular weight is 485 g/mol. The maximum Gasteiger partial charge on any atom is 0.417 e. The fraction of sp³-hybridized carbons (Fsp3) is 0.450. The summed E-state index contributed by atoms with van der Waals surface area (Å²) >= 11 is 0. The van der Waals surface area contributed by atoms with Crippen LogP contribution in [0.3, 0.4) is 0 Å². The van der Waals surface area contributed by atoms with E-state index >= 15 is 0 Å². The number of nitrogens with zero attached hydrogens (tertiary/aromatic N) is 5. The molecule has 178 valence electrons. The first-order valence-electron chi connectivity index (χ1n) is 10.4. The summed E-state index contributed by atoms with van der Waals surface area (Å²) < 4.78 is 65.1. The Balaban J connectivity index is 1.50. The zero-order valence-electron chi connectivity index (χ0n) is 17.5. The molecule has 0 aliphatic carbocycles. The van der Waals surface area contributed by atoms with Crippen molar-refractivity contribution in [3.05, 3.63) is 52.2 Å². The van der Waals surface area contributed by atoms with Crippen LogP contribution in [-0.2, 0) is 16.2 Å². The van der Waals surface area contributed by atoms with E-state index < -0.39 is 26.7 Å². The zero-order chi connectivity index (χ0) is 23.8. The van der Waals surface area contributed by atoms with Gasteiger partial charge in [0.2, 0.25) is 10.0 Å². The van der Waals surface area contributed by atoms with Crippen LogP contribution in [0.25, 0.3) is 0 Å². The number of hydrogen-bond acceptors (Lipinski definition) is 7. The zero-order valence-corrected chi connectivity index (χ0v) is 18.3. The molecule has 4 rings (SSSR count). The fourth-order valence-electron chi connectivity index (χ4n) is 4.07. The van der Waals surface area contributed by atoms with Crippen LogP contribution in [0.1, 0.15) is 18.4 Å². The first kappa shape index (κ1) is 23.2. The number of piperazine rings is 1. The minimum absolute atomic E-state index is 0.104. The van der Waals surface area contributed by atoms with E-state index in [0.29, 0.717) is 50.8 Å². The number of alkyl halides is 3. The van der Waals surface area contributed by atoms with Gasteiger partial charge in [0, 0.05) is 51.5 Å². The molecule has 0 bridgehead atoms. The normalized spacial score (nSPS) is 18.0. The van der Waals surface area contributed by atoms with Gasteiger partial charge in [-0.2, -0.15) is 17.5 Å². The highest BCUT2D eigenvalue weighted by atomic mass is 32.2. The van der Waals surface area contributed by atoms with Crippen molar-refractivity contribution in [1.82, 2.24) is 9.29 Å². The van der Waals surface area contributed by atoms with E-state index in [1.807, 2.05) is 0 Å². The topological polar surface area (TPSA) is 99.9 Å². The molecule has 0 radical (unpaired) electrons. The van der Waals surface area contributed by atoms with E-state index in [1.54, 1.807) is 9.80 Å². The highest BCUT2D eigenvalue weighted by molar-refractivity contribution is 7.89. The monoisotopic (exact) mass is 485 g/mol. The van der Waals surface area contributed by atoms with Crippen LogP contribution in [0.2, 0.25) is 0 Å². The van der Waals surface area contributed by atoms with Crippen molar-refractivity contribution in [2.75, 3.05) is 49.1 Å². The molecule has 0 atom stereocenters. The van der Waals surface area contributed by atoms with Gasteiger partial charge in [-0.25, -0.2) is 13.4 Å². The second-order valence-electron chi connectivity index (χ2n) is 7.90. The van der Waals surface area contributed by atoms with Gasteiger partial charge in [-0.3, -0.25) is 10.1 Å². The molecular formula is C20H22F3N5O4S. The van der Waals surface area contributed by atoms with Gasteiger partial charge in [-0.05, 0) is 37.1 Å². The number of aromatic nitrogens is 1. The molecule has 9 nitrogen and oxygen atoms in total. The van der Waals surface area contributed by atoms with Crippen molar-refractivity contribution in [3.8, 4) is 0 Å². The van der Waals surface area contributed by atoms with Crippen molar-refractivity contribution in [2.24, 2.45) is 0 Å². The molecule has 13 heteroatoms. The first-order chi connectivity index (χ1) is 15.6. The third kappa shape index (κ3) is 4.74. The summed E-state index contributed by atoms with van der Waals surface area (Å²) in [4.78, 5) is 18.5. The van der Waals surface area contributed by atoms with Crippen molar-refractivity contribution in [2.45, 2.75) is 23.9 Å². The van der Waals surface area contributed by atoms with Gasteiger partial charge in [0.05, 0.1) is 15.4 Å². The van der Waals surface area contributed by atoms with E-state index in [2.05, 4.69) is 4.98 Å². The highest BCUT2D eigenvalue weighted by Gasteiger charge is 2.32. The molecule has 3 heterocycles. The van der Waals surface area contributed by atoms with E-state index in [4.69, 9.17) is 0 Å². The summed E-state index contributed by atoms with van der Waals surface area (Å²) in [6.07, 6.45) is -2.15. The molecule has 0 amide bonds. The van der Waals surface area contributed by atoms with Gasteiger partial charge in [-0.1, -0.05) is 0 Å². The first-order valence-corrected chi connectivity index (χ1v) is 11.8. The van der Waals surface area contributed by atoms with Gasteiger partial charge in [-0.15, -0.1) is 0 Å². The molecule has 2 aliphatic heterocycles. The lowest BCUT2D eigenvalue weighted by atomic mass is 10.2. The molecule has 2 saturated heterocycles. The summed E-state index contributed by atoms with van der Waals surface area (Å²) in [7, 11) is -3.79. The second kappa shape index (κ2) is 8.78. The van der Waals surface area contributed by atoms with Crippen molar-refractivity contribution >= 4 is 27.2 Å². The lowest BCUT2D eigenvalue weighted by molar-refractivity contribution is -0.384. The van der Waals surface area contributed by atoms with Crippen LogP contribution >= 0.6 is 0 Å². The molecule has 0 N–H and O–H groups in total. The number of sulfonamides is 1. The predicted octanol–water partition coefficient (Wildman–Crippen LogP) is 3.12. The molecule has 0 spiro atoms. The molecular weight excluding hydrogens is 463 g/mol. The second-order valence-corrected chi connectivity index (χ2v) is 9.83. The summed E-state index contributed by atoms with van der Waals surface area (Å²) in [5, 5.41) is 11.7. The molecule has 33 heavy (non-hydrogen) atoms. The number of anilines is 2. The molecule has 2 aliphatic rings. The Bertz CT molecular complexity index is 1130. The Morgan fingerprint density at radius 1 is 0.939 bits per heavy atom. The third-order valence-electron chi connectivity index (χ3n) is 5.87. The molecule has 2 aromatic rings. The van der Waals surface area contributed by atoms with Crippen molar-refractivity contribution < 1.29 is 26.5 Å². The largest absolute Gasteiger partial charge is 0.417 e. The maximum absolute atomic E-state index is 12.8. The minimum atomic E-state index is -4.46. The molecule has 0 unspecified atom stereocenters. The molecule has 1 aromatic carbocycles. The van der Waals surface area contributed by atoms with Crippen LogP contribution in [-0.4, -0.2) is 61.9 Å². The summed E-state index contributed by atoms with van der Waals surface area (Å²) in [5.41, 5.74) is -0.818. The number of nitro benzene ring substituents is 1. The SMILES string of the molecule is O=[N+]([O-])c1cc(S(=O)(=O)N2CCCC2)ccc1N1CCN(c2ccc(C(F)(F)F)cn2)CC1. The Morgan fingerprint density at radius 2 is 1.58 bits per heavy atom. The van der Waals surface area contributed by atoms with Crippen LogP contribution in [0, 0.1) is 10.1 Å². The Labute approximate surface area is 188 Å². The van der Waals surface area contributed by atoms with E-state index in [9.17, 15) is 31.7 Å². The van der Waals surface area contributed by atoms with Crippen LogP contribution in [0.4, 0.5) is 30.4 Å². The number of benzene rings is 1. The number of hydrogen-bond donors (Lipinski definition) is 0. The van der Waals surface area contributed by atoms with Gasteiger partial charge in [0.25, 0.3) is 5.69 Å². The molecule has 2 fully saturated rings. The number of nitro groups is 1. The van der Waals surface area contributed by atoms with Gasteiger partial charge < -0.3 is 9.80 Å². The Hall–Kier alpha value is -2.93. The standard InChI is InChI=1S/C20H22F3N5O4S/c21-20(22,23)15-3-6-19(24-14-15)26-11-9-25(10-12-26)17-5-4-16(13-18(17)28(29)30)33(31,32)27-7-1-2-8-27/h3-6,13-14H,1-2,7-12H2. The summed E-state index contributed by atoms with van der Waals surface area (Å²) in [6, 6.07) is 6.22. The van der Waals surface area contributed by atoms with Crippen LogP contribution in [0.5, 0.6) is 0 Å². The summed E-state index contributed by atoms with van der Waals surface area (Å²) in [6.45, 7) is 2.31. The lowest BCUT2D eigenvalue weighted by Crippen LogP contribution is -2.47. The maximum atomic E-state index is 12.8. The van der Waals surface area contributed by atoms with E-state index in [-0.39, 0.29) is 10.6 Å². The molecule has 0 saturated carbocycles. The van der Waals surface area contributed by atoms with Crippen LogP contribution < -0.4 is 9.80 Å². The number of halogens is 3. The molecule has 1 aromatic heterocycles. The van der Waals surface area contributed by atoms with Gasteiger partial charge in [0.15, 0.2) is 0 Å². The van der Waals surface area contributed by atoms with Gasteiger partial charge in [0.1, 0.15) is 11.5 Å². The lowest BCUT2D eigenvalue weighted by Gasteiger charge is -2.36. The fourth-order valence-corrected chi connectivity index (χ4v) is 5.61. The Morgan fingerprint density at radius 3 is 2.12 bits per heavy atom. The minimum Gasteiger partial charge on any atom is -0.362 e. The summed E-state index contributed by atoms with van der Waals surface area (Å²) in [5.74, 6) is 0.393. The number of pyridine rings is 1. The van der Waals surface area contributed by atoms with Gasteiger partial charge >= 0.3 is 6.18 Å².